The Labute approximate surface area is 139 Å². The van der Waals surface area contributed by atoms with Crippen LogP contribution in [0.2, 0.25) is 0 Å². The zero-order valence-corrected chi connectivity index (χ0v) is 13.8. The van der Waals surface area contributed by atoms with Gasteiger partial charge in [0.05, 0.1) is 13.2 Å². The molecule has 0 saturated carbocycles. The molecule has 0 N–H and O–H groups in total. The molecule has 2 atom stereocenters. The normalized spacial score (nSPS) is 27.6. The molecule has 2 saturated heterocycles. The van der Waals surface area contributed by atoms with Crippen molar-refractivity contribution in [2.75, 3.05) is 13.2 Å². The van der Waals surface area contributed by atoms with Gasteiger partial charge in [-0.2, -0.15) is 0 Å². The topological polar surface area (TPSA) is 29.5 Å². The van der Waals surface area contributed by atoms with Gasteiger partial charge in [-0.05, 0) is 31.2 Å². The van der Waals surface area contributed by atoms with Crippen LogP contribution in [0.4, 0.5) is 0 Å². The first-order valence-corrected chi connectivity index (χ1v) is 8.79. The van der Waals surface area contributed by atoms with E-state index in [1.807, 2.05) is 6.08 Å². The monoisotopic (exact) mass is 313 g/mol. The lowest BCUT2D eigenvalue weighted by Crippen LogP contribution is -2.57. The third-order valence-electron chi connectivity index (χ3n) is 5.17. The molecule has 1 aromatic carbocycles. The molecule has 3 rings (SSSR count). The second-order valence-electron chi connectivity index (χ2n) is 6.82. The van der Waals surface area contributed by atoms with Crippen molar-refractivity contribution in [1.29, 1.82) is 0 Å². The fourth-order valence-electron chi connectivity index (χ4n) is 3.93. The van der Waals surface area contributed by atoms with E-state index in [-0.39, 0.29) is 5.92 Å². The summed E-state index contributed by atoms with van der Waals surface area (Å²) in [6.45, 7) is 6.23. The number of fused-ring (bicyclic) bond motifs is 2. The first kappa shape index (κ1) is 16.4. The minimum atomic E-state index is 0.228. The molecular formula is C20H27NO2. The lowest BCUT2D eigenvalue weighted by Gasteiger charge is -2.48. The number of morpholine rings is 1. The predicted molar refractivity (Wildman–Crippen MR) is 92.2 cm³/mol. The maximum Gasteiger partial charge on any atom is 0.136 e. The second-order valence-corrected chi connectivity index (χ2v) is 6.82. The summed E-state index contributed by atoms with van der Waals surface area (Å²) < 4.78 is 5.76. The number of unbranched alkanes of at least 4 members (excludes halogenated alkanes) is 1. The Morgan fingerprint density at radius 3 is 2.57 bits per heavy atom. The van der Waals surface area contributed by atoms with E-state index in [2.05, 4.69) is 41.8 Å². The number of carbonyl (C=O) groups excluding carboxylic acids is 1. The van der Waals surface area contributed by atoms with Gasteiger partial charge in [0.2, 0.25) is 0 Å². The van der Waals surface area contributed by atoms with Crippen LogP contribution < -0.4 is 0 Å². The van der Waals surface area contributed by atoms with Crippen LogP contribution in [0.1, 0.15) is 37.7 Å². The molecule has 0 amide bonds. The third-order valence-corrected chi connectivity index (χ3v) is 5.17. The van der Waals surface area contributed by atoms with Crippen molar-refractivity contribution in [2.24, 2.45) is 5.92 Å². The predicted octanol–water partition coefficient (Wildman–Crippen LogP) is 3.59. The van der Waals surface area contributed by atoms with Gasteiger partial charge in [-0.3, -0.25) is 9.69 Å². The Kier molecular flexibility index (Phi) is 5.63. The summed E-state index contributed by atoms with van der Waals surface area (Å²) in [5.41, 5.74) is 1.35. The zero-order chi connectivity index (χ0) is 16.1. The highest BCUT2D eigenvalue weighted by molar-refractivity contribution is 5.81. The van der Waals surface area contributed by atoms with E-state index in [0.29, 0.717) is 24.3 Å². The molecule has 2 unspecified atom stereocenters. The van der Waals surface area contributed by atoms with E-state index >= 15 is 0 Å². The number of ether oxygens (including phenoxy) is 1. The largest absolute Gasteiger partial charge is 0.378 e. The van der Waals surface area contributed by atoms with E-state index in [1.54, 1.807) is 0 Å². The van der Waals surface area contributed by atoms with Crippen molar-refractivity contribution in [3.05, 3.63) is 48.6 Å². The number of allylic oxidation sites excluding steroid dienone is 1. The Hall–Kier alpha value is -1.45. The van der Waals surface area contributed by atoms with E-state index in [1.165, 1.54) is 5.56 Å². The summed E-state index contributed by atoms with van der Waals surface area (Å²) in [5.74, 6) is 0.675. The van der Waals surface area contributed by atoms with Crippen LogP contribution in [-0.2, 0) is 16.1 Å². The summed E-state index contributed by atoms with van der Waals surface area (Å²) in [6, 6.07) is 11.4. The van der Waals surface area contributed by atoms with Crippen LogP contribution in [0.15, 0.2) is 43.0 Å². The molecular weight excluding hydrogens is 286 g/mol. The summed E-state index contributed by atoms with van der Waals surface area (Å²) in [4.78, 5) is 15.0. The fourth-order valence-corrected chi connectivity index (χ4v) is 3.93. The molecule has 0 aliphatic carbocycles. The van der Waals surface area contributed by atoms with Crippen LogP contribution in [0.5, 0.6) is 0 Å². The number of benzene rings is 1. The number of ketones is 1. The van der Waals surface area contributed by atoms with E-state index in [0.717, 1.165) is 45.4 Å². The molecule has 0 spiro atoms. The number of hydrogen-bond acceptors (Lipinski definition) is 3. The molecule has 2 aliphatic heterocycles. The first-order chi connectivity index (χ1) is 11.3. The summed E-state index contributed by atoms with van der Waals surface area (Å²) in [5, 5.41) is 0. The van der Waals surface area contributed by atoms with Gasteiger partial charge in [0.25, 0.3) is 0 Å². The smallest absolute Gasteiger partial charge is 0.136 e. The molecule has 2 aliphatic rings. The van der Waals surface area contributed by atoms with Crippen LogP contribution in [0, 0.1) is 5.92 Å². The molecule has 3 nitrogen and oxygen atoms in total. The van der Waals surface area contributed by atoms with E-state index < -0.39 is 0 Å². The van der Waals surface area contributed by atoms with Gasteiger partial charge in [0.15, 0.2) is 0 Å². The Morgan fingerprint density at radius 1 is 1.22 bits per heavy atom. The van der Waals surface area contributed by atoms with Crippen LogP contribution in [-0.4, -0.2) is 36.0 Å². The van der Waals surface area contributed by atoms with Crippen molar-refractivity contribution in [3.8, 4) is 0 Å². The number of Topliss-reactive ketones (excluding diaryl/α,β-unsaturated/α-hetero) is 1. The van der Waals surface area contributed by atoms with Gasteiger partial charge in [-0.25, -0.2) is 0 Å². The molecule has 124 valence electrons. The molecule has 2 heterocycles. The Morgan fingerprint density at radius 2 is 1.91 bits per heavy atom. The van der Waals surface area contributed by atoms with Gasteiger partial charge >= 0.3 is 0 Å². The summed E-state index contributed by atoms with van der Waals surface area (Å²) >= 11 is 0. The highest BCUT2D eigenvalue weighted by atomic mass is 16.5. The van der Waals surface area contributed by atoms with Crippen LogP contribution in [0.3, 0.4) is 0 Å². The second kappa shape index (κ2) is 7.89. The van der Waals surface area contributed by atoms with Gasteiger partial charge in [0.1, 0.15) is 5.78 Å². The van der Waals surface area contributed by atoms with Gasteiger partial charge in [0, 0.05) is 31.0 Å². The average molecular weight is 313 g/mol. The highest BCUT2D eigenvalue weighted by Gasteiger charge is 2.40. The summed E-state index contributed by atoms with van der Waals surface area (Å²) in [7, 11) is 0. The van der Waals surface area contributed by atoms with Crippen molar-refractivity contribution in [1.82, 2.24) is 4.90 Å². The Balaban J connectivity index is 1.61. The van der Waals surface area contributed by atoms with Gasteiger partial charge in [-0.15, -0.1) is 6.58 Å². The number of hydrogen-bond donors (Lipinski definition) is 0. The van der Waals surface area contributed by atoms with Crippen LogP contribution in [0.25, 0.3) is 0 Å². The van der Waals surface area contributed by atoms with Crippen molar-refractivity contribution < 1.29 is 9.53 Å². The number of rotatable bonds is 7. The lowest BCUT2D eigenvalue weighted by molar-refractivity contribution is -0.133. The SMILES string of the molecule is C=CCCCC(=O)C1CC2COCC(C1)N2Cc1ccccc1. The molecule has 23 heavy (non-hydrogen) atoms. The molecule has 1 aromatic rings. The zero-order valence-electron chi connectivity index (χ0n) is 13.8. The van der Waals surface area contributed by atoms with Gasteiger partial charge < -0.3 is 4.74 Å². The number of carbonyl (C=O) groups is 1. The van der Waals surface area contributed by atoms with Crippen LogP contribution >= 0.6 is 0 Å². The fraction of sp³-hybridized carbons (Fsp3) is 0.550. The van der Waals surface area contributed by atoms with Crippen molar-refractivity contribution >= 4 is 5.78 Å². The quantitative estimate of drug-likeness (QED) is 0.569. The molecule has 0 aromatic heterocycles. The number of piperidine rings is 1. The minimum absolute atomic E-state index is 0.228. The lowest BCUT2D eigenvalue weighted by atomic mass is 9.81. The number of nitrogens with zero attached hydrogens (tertiary/aromatic N) is 1. The van der Waals surface area contributed by atoms with E-state index in [4.69, 9.17) is 4.74 Å². The van der Waals surface area contributed by atoms with Crippen molar-refractivity contribution in [3.63, 3.8) is 0 Å². The minimum Gasteiger partial charge on any atom is -0.378 e. The maximum absolute atomic E-state index is 12.5. The van der Waals surface area contributed by atoms with E-state index in [9.17, 15) is 4.79 Å². The van der Waals surface area contributed by atoms with Crippen molar-refractivity contribution in [2.45, 2.75) is 50.7 Å². The standard InChI is InChI=1S/C20H27NO2/c1-2-3-5-10-20(22)17-11-18-14-23-15-19(12-17)21(18)13-16-8-6-4-7-9-16/h2,4,6-9,17-19H,1,3,5,10-15H2. The van der Waals surface area contributed by atoms with Gasteiger partial charge in [-0.1, -0.05) is 36.4 Å². The molecule has 3 heteroatoms. The Bertz CT molecular complexity index is 514. The highest BCUT2D eigenvalue weighted by Crippen LogP contribution is 2.34. The average Bonchev–Trinajstić information content (AvgIpc) is 2.55. The first-order valence-electron chi connectivity index (χ1n) is 8.79. The molecule has 0 radical (unpaired) electrons. The molecule has 2 fully saturated rings. The maximum atomic E-state index is 12.5. The molecule has 2 bridgehead atoms. The third kappa shape index (κ3) is 4.10. The summed E-state index contributed by atoms with van der Waals surface area (Å²) in [6.07, 6.45) is 6.40.